The van der Waals surface area contributed by atoms with Gasteiger partial charge in [0.2, 0.25) is 0 Å². The molecule has 6 heteroatoms. The zero-order valence-corrected chi connectivity index (χ0v) is 9.81. The molecular formula is C12H15N3O3. The zero-order chi connectivity index (χ0) is 13.0. The average Bonchev–Trinajstić information content (AvgIpc) is 3.17. The zero-order valence-electron chi connectivity index (χ0n) is 9.81. The lowest BCUT2D eigenvalue weighted by molar-refractivity contribution is -0.124. The van der Waals surface area contributed by atoms with Crippen LogP contribution < -0.4 is 16.6 Å². The number of carbonyl (C=O) groups is 2. The first-order valence-corrected chi connectivity index (χ1v) is 5.66. The normalized spacial score (nSPS) is 15.6. The molecule has 6 nitrogen and oxygen atoms in total. The van der Waals surface area contributed by atoms with Crippen molar-refractivity contribution in [1.29, 1.82) is 0 Å². The van der Waals surface area contributed by atoms with Crippen LogP contribution in [0.2, 0.25) is 0 Å². The van der Waals surface area contributed by atoms with E-state index in [0.717, 1.165) is 5.56 Å². The van der Waals surface area contributed by atoms with Crippen molar-refractivity contribution in [2.45, 2.75) is 25.0 Å². The molecule has 1 aliphatic rings. The molecule has 1 aromatic rings. The Hall–Kier alpha value is -2.08. The maximum atomic E-state index is 11.5. The maximum Gasteiger partial charge on any atom is 0.408 e. The second kappa shape index (κ2) is 5.05. The van der Waals surface area contributed by atoms with E-state index in [1.807, 2.05) is 35.8 Å². The molecule has 0 saturated heterocycles. The Morgan fingerprint density at radius 3 is 2.50 bits per heavy atom. The minimum atomic E-state index is -0.872. The van der Waals surface area contributed by atoms with Crippen molar-refractivity contribution in [2.24, 2.45) is 5.84 Å². The third-order valence-electron chi connectivity index (χ3n) is 2.87. The van der Waals surface area contributed by atoms with Gasteiger partial charge >= 0.3 is 6.09 Å². The van der Waals surface area contributed by atoms with Gasteiger partial charge in [0.05, 0.1) is 0 Å². The Morgan fingerprint density at radius 2 is 1.94 bits per heavy atom. The van der Waals surface area contributed by atoms with Crippen LogP contribution >= 0.6 is 0 Å². The number of ether oxygens (including phenoxy) is 1. The van der Waals surface area contributed by atoms with Crippen LogP contribution in [0.15, 0.2) is 30.3 Å². The Morgan fingerprint density at radius 1 is 1.28 bits per heavy atom. The minimum absolute atomic E-state index is 0.174. The minimum Gasteiger partial charge on any atom is -0.445 e. The molecule has 0 bridgehead atoms. The molecule has 18 heavy (non-hydrogen) atoms. The highest BCUT2D eigenvalue weighted by Gasteiger charge is 2.51. The number of nitrogens with two attached hydrogens (primary N) is 1. The molecule has 1 saturated carbocycles. The molecular weight excluding hydrogens is 234 g/mol. The smallest absolute Gasteiger partial charge is 0.408 e. The van der Waals surface area contributed by atoms with Crippen molar-refractivity contribution in [1.82, 2.24) is 10.7 Å². The van der Waals surface area contributed by atoms with Gasteiger partial charge in [0.1, 0.15) is 12.1 Å². The highest BCUT2D eigenvalue weighted by Crippen LogP contribution is 2.35. The highest BCUT2D eigenvalue weighted by molar-refractivity contribution is 5.92. The molecule has 1 fully saturated rings. The summed E-state index contributed by atoms with van der Waals surface area (Å²) in [5, 5.41) is 2.54. The summed E-state index contributed by atoms with van der Waals surface area (Å²) >= 11 is 0. The van der Waals surface area contributed by atoms with E-state index < -0.39 is 11.6 Å². The number of amides is 2. The third-order valence-corrected chi connectivity index (χ3v) is 2.87. The monoisotopic (exact) mass is 249 g/mol. The van der Waals surface area contributed by atoms with Gasteiger partial charge in [-0.15, -0.1) is 0 Å². The summed E-state index contributed by atoms with van der Waals surface area (Å²) in [6.07, 6.45) is 0.549. The second-order valence-electron chi connectivity index (χ2n) is 4.24. The van der Waals surface area contributed by atoms with E-state index in [4.69, 9.17) is 10.6 Å². The summed E-state index contributed by atoms with van der Waals surface area (Å²) in [6.45, 7) is 0.174. The predicted octanol–water partition coefficient (Wildman–Crippen LogP) is 0.435. The van der Waals surface area contributed by atoms with E-state index in [1.165, 1.54) is 0 Å². The van der Waals surface area contributed by atoms with Crippen molar-refractivity contribution < 1.29 is 14.3 Å². The number of nitrogens with one attached hydrogen (secondary N) is 2. The first-order valence-electron chi connectivity index (χ1n) is 5.66. The van der Waals surface area contributed by atoms with Crippen LogP contribution in [0, 0.1) is 0 Å². The number of carbonyl (C=O) groups excluding carboxylic acids is 2. The number of alkyl carbamates (subject to hydrolysis) is 1. The number of hydrogen-bond acceptors (Lipinski definition) is 4. The number of hydrazine groups is 1. The summed E-state index contributed by atoms with van der Waals surface area (Å²) in [5.41, 5.74) is 2.05. The average molecular weight is 249 g/mol. The van der Waals surface area contributed by atoms with Gasteiger partial charge in [-0.05, 0) is 18.4 Å². The summed E-state index contributed by atoms with van der Waals surface area (Å²) in [6, 6.07) is 9.32. The standard InChI is InChI=1S/C12H15N3O3/c13-15-10(16)12(6-7-12)14-11(17)18-8-9-4-2-1-3-5-9/h1-5H,6-8,13H2,(H,14,17)(H,15,16). The van der Waals surface area contributed by atoms with Gasteiger partial charge in [0.25, 0.3) is 5.91 Å². The van der Waals surface area contributed by atoms with Crippen molar-refractivity contribution in [3.05, 3.63) is 35.9 Å². The van der Waals surface area contributed by atoms with Crippen LogP contribution in [-0.4, -0.2) is 17.5 Å². The Kier molecular flexibility index (Phi) is 3.47. The Bertz CT molecular complexity index is 443. The Balaban J connectivity index is 1.81. The number of hydrogen-bond donors (Lipinski definition) is 3. The molecule has 0 atom stereocenters. The van der Waals surface area contributed by atoms with Gasteiger partial charge in [-0.25, -0.2) is 10.6 Å². The summed E-state index contributed by atoms with van der Waals surface area (Å²) in [5.74, 6) is 4.66. The van der Waals surface area contributed by atoms with Gasteiger partial charge in [0, 0.05) is 0 Å². The van der Waals surface area contributed by atoms with Crippen LogP contribution in [0.4, 0.5) is 4.79 Å². The van der Waals surface area contributed by atoms with Crippen LogP contribution in [0.5, 0.6) is 0 Å². The van der Waals surface area contributed by atoms with Crippen LogP contribution in [0.25, 0.3) is 0 Å². The van der Waals surface area contributed by atoms with E-state index >= 15 is 0 Å². The molecule has 0 aromatic heterocycles. The lowest BCUT2D eigenvalue weighted by Crippen LogP contribution is -2.51. The molecule has 0 unspecified atom stereocenters. The van der Waals surface area contributed by atoms with Crippen molar-refractivity contribution in [3.8, 4) is 0 Å². The molecule has 1 aromatic carbocycles. The van der Waals surface area contributed by atoms with Crippen LogP contribution in [0.3, 0.4) is 0 Å². The molecule has 0 spiro atoms. The molecule has 4 N–H and O–H groups in total. The summed E-state index contributed by atoms with van der Waals surface area (Å²) in [7, 11) is 0. The quantitative estimate of drug-likeness (QED) is 0.410. The number of rotatable bonds is 4. The fraction of sp³-hybridized carbons (Fsp3) is 0.333. The lowest BCUT2D eigenvalue weighted by atomic mass is 10.2. The molecule has 0 heterocycles. The lowest BCUT2D eigenvalue weighted by Gasteiger charge is -2.15. The van der Waals surface area contributed by atoms with Gasteiger partial charge in [0.15, 0.2) is 0 Å². The van der Waals surface area contributed by atoms with Crippen molar-refractivity contribution in [3.63, 3.8) is 0 Å². The molecule has 0 aliphatic heterocycles. The SMILES string of the molecule is NNC(=O)C1(NC(=O)OCc2ccccc2)CC1. The highest BCUT2D eigenvalue weighted by atomic mass is 16.5. The summed E-state index contributed by atoms with van der Waals surface area (Å²) < 4.78 is 5.03. The first kappa shape index (κ1) is 12.4. The van der Waals surface area contributed by atoms with Crippen LogP contribution in [0.1, 0.15) is 18.4 Å². The maximum absolute atomic E-state index is 11.5. The van der Waals surface area contributed by atoms with Gasteiger partial charge < -0.3 is 10.1 Å². The van der Waals surface area contributed by atoms with E-state index in [0.29, 0.717) is 12.8 Å². The van der Waals surface area contributed by atoms with E-state index in [1.54, 1.807) is 0 Å². The largest absolute Gasteiger partial charge is 0.445 e. The topological polar surface area (TPSA) is 93.5 Å². The fourth-order valence-corrected chi connectivity index (χ4v) is 1.63. The van der Waals surface area contributed by atoms with E-state index in [9.17, 15) is 9.59 Å². The molecule has 1 aliphatic carbocycles. The molecule has 2 rings (SSSR count). The Labute approximate surface area is 104 Å². The van der Waals surface area contributed by atoms with Gasteiger partial charge in [-0.2, -0.15) is 0 Å². The van der Waals surface area contributed by atoms with E-state index in [2.05, 4.69) is 5.32 Å². The van der Waals surface area contributed by atoms with Crippen LogP contribution in [-0.2, 0) is 16.1 Å². The third kappa shape index (κ3) is 2.78. The number of benzene rings is 1. The van der Waals surface area contributed by atoms with Crippen molar-refractivity contribution >= 4 is 12.0 Å². The summed E-state index contributed by atoms with van der Waals surface area (Å²) in [4.78, 5) is 22.9. The van der Waals surface area contributed by atoms with Gasteiger partial charge in [-0.3, -0.25) is 10.2 Å². The second-order valence-corrected chi connectivity index (χ2v) is 4.24. The van der Waals surface area contributed by atoms with E-state index in [-0.39, 0.29) is 12.5 Å². The molecule has 2 amide bonds. The molecule has 96 valence electrons. The van der Waals surface area contributed by atoms with Gasteiger partial charge in [-0.1, -0.05) is 30.3 Å². The molecule has 0 radical (unpaired) electrons. The van der Waals surface area contributed by atoms with Crippen molar-refractivity contribution in [2.75, 3.05) is 0 Å². The fourth-order valence-electron chi connectivity index (χ4n) is 1.63. The first-order chi connectivity index (χ1) is 8.66. The predicted molar refractivity (Wildman–Crippen MR) is 64.1 cm³/mol.